The zero-order valence-electron chi connectivity index (χ0n) is 39.9. The van der Waals surface area contributed by atoms with Crippen LogP contribution in [0, 0.1) is 0 Å². The van der Waals surface area contributed by atoms with Crippen molar-refractivity contribution in [1.82, 2.24) is 29.5 Å². The minimum Gasteiger partial charge on any atom is -0.455 e. The van der Waals surface area contributed by atoms with Gasteiger partial charge in [0.2, 0.25) is 5.82 Å². The molecule has 0 unspecified atom stereocenters. The summed E-state index contributed by atoms with van der Waals surface area (Å²) in [7, 11) is 0. The standard InChI is InChI=1S/C55H32N6OS/c1-5-23-45-38(15-1)39-16-2-6-24-46(39)61(45)47-25-7-3-18-43(47)53-58-52(59-55(60-53)54-56-29-12-30-57-54)35-14-9-13-33(31-35)37-20-11-22-42-44-32-34(27-28-49(44)63-51(37)42)36-19-10-21-41-40-17-4-8-26-48(40)62-50(36)41/h1-32H/i1D,2D,5D,15D,16D,23D,24D. The Balaban J connectivity index is 0.974. The molecule has 0 radical (unpaired) electrons. The van der Waals surface area contributed by atoms with Crippen molar-refractivity contribution in [3.63, 3.8) is 0 Å². The third-order valence-electron chi connectivity index (χ3n) is 11.5. The van der Waals surface area contributed by atoms with Crippen molar-refractivity contribution in [3.8, 4) is 62.4 Å². The van der Waals surface area contributed by atoms with Crippen LogP contribution in [0.4, 0.5) is 0 Å². The van der Waals surface area contributed by atoms with Crippen LogP contribution < -0.4 is 0 Å². The molecule has 8 aromatic carbocycles. The van der Waals surface area contributed by atoms with Crippen molar-refractivity contribution in [2.45, 2.75) is 0 Å². The summed E-state index contributed by atoms with van der Waals surface area (Å²) in [6, 6.07) is 43.2. The maximum Gasteiger partial charge on any atom is 0.201 e. The van der Waals surface area contributed by atoms with Crippen LogP contribution in [0.3, 0.4) is 0 Å². The fourth-order valence-electron chi connectivity index (χ4n) is 8.70. The van der Waals surface area contributed by atoms with Gasteiger partial charge < -0.3 is 8.98 Å². The quantitative estimate of drug-likeness (QED) is 0.166. The number of benzene rings is 8. The lowest BCUT2D eigenvalue weighted by atomic mass is 9.98. The molecule has 0 aliphatic rings. The zero-order chi connectivity index (χ0) is 47.5. The van der Waals surface area contributed by atoms with Gasteiger partial charge in [0.15, 0.2) is 17.5 Å². The van der Waals surface area contributed by atoms with Crippen LogP contribution in [0.15, 0.2) is 199 Å². The molecule has 13 aromatic rings. The summed E-state index contributed by atoms with van der Waals surface area (Å²) in [6.45, 7) is 0. The van der Waals surface area contributed by atoms with Gasteiger partial charge in [-0.3, -0.25) is 0 Å². The number of hydrogen-bond acceptors (Lipinski definition) is 7. The number of hydrogen-bond donors (Lipinski definition) is 0. The second kappa shape index (κ2) is 14.1. The Morgan fingerprint density at radius 2 is 1.16 bits per heavy atom. The average Bonchev–Trinajstić information content (AvgIpc) is 4.10. The normalized spacial score (nSPS) is 13.4. The van der Waals surface area contributed by atoms with E-state index in [2.05, 4.69) is 82.8 Å². The van der Waals surface area contributed by atoms with E-state index in [0.29, 0.717) is 22.6 Å². The highest BCUT2D eigenvalue weighted by atomic mass is 32.1. The molecular formula is C55H32N6OS. The maximum absolute atomic E-state index is 9.13. The van der Waals surface area contributed by atoms with Crippen molar-refractivity contribution < 1.29 is 14.0 Å². The fourth-order valence-corrected chi connectivity index (χ4v) is 9.92. The highest BCUT2D eigenvalue weighted by Gasteiger charge is 2.21. The Kier molecular flexibility index (Phi) is 6.51. The van der Waals surface area contributed by atoms with Crippen molar-refractivity contribution in [2.24, 2.45) is 0 Å². The highest BCUT2D eigenvalue weighted by molar-refractivity contribution is 7.26. The summed E-state index contributed by atoms with van der Waals surface area (Å²) in [4.78, 5) is 24.0. The third kappa shape index (κ3) is 5.69. The van der Waals surface area contributed by atoms with Gasteiger partial charge in [-0.25, -0.2) is 24.9 Å². The molecule has 7 nitrogen and oxygen atoms in total. The lowest BCUT2D eigenvalue weighted by Crippen LogP contribution is -2.04. The molecule has 8 heteroatoms. The molecule has 13 rings (SSSR count). The summed E-state index contributed by atoms with van der Waals surface area (Å²) in [5, 5.41) is 4.58. The Labute approximate surface area is 374 Å². The molecule has 5 aromatic heterocycles. The van der Waals surface area contributed by atoms with E-state index < -0.39 is 12.1 Å². The van der Waals surface area contributed by atoms with Crippen molar-refractivity contribution >= 4 is 75.3 Å². The van der Waals surface area contributed by atoms with Crippen LogP contribution in [-0.2, 0) is 0 Å². The highest BCUT2D eigenvalue weighted by Crippen LogP contribution is 2.44. The van der Waals surface area contributed by atoms with E-state index in [4.69, 9.17) is 29.0 Å². The summed E-state index contributed by atoms with van der Waals surface area (Å²) in [5.74, 6) is 0.988. The Hall–Kier alpha value is -8.33. The van der Waals surface area contributed by atoms with E-state index in [9.17, 15) is 0 Å². The molecule has 0 aliphatic carbocycles. The molecule has 0 fully saturated rings. The van der Waals surface area contributed by atoms with E-state index >= 15 is 0 Å². The molecule has 0 saturated heterocycles. The van der Waals surface area contributed by atoms with Crippen LogP contribution >= 0.6 is 11.3 Å². The SMILES string of the molecule is [2H]c1cc([2H])c2c(c1[2H])c1c([2H])c([2H])c([2H])c([2H])c1n2-c1ccccc1-c1nc(-c2cccc(-c3cccc4c3sc3ccc(-c5cccc6c5oc5ccccc56)cc34)c2)nc(-c2ncccn2)n1. The van der Waals surface area contributed by atoms with Crippen LogP contribution in [0.2, 0.25) is 0 Å². The molecule has 63 heavy (non-hydrogen) atoms. The smallest absolute Gasteiger partial charge is 0.201 e. The molecule has 5 heterocycles. The van der Waals surface area contributed by atoms with Gasteiger partial charge in [0, 0.05) is 70.8 Å². The van der Waals surface area contributed by atoms with Crippen LogP contribution in [-0.4, -0.2) is 29.5 Å². The van der Waals surface area contributed by atoms with Gasteiger partial charge in [0.1, 0.15) is 11.2 Å². The van der Waals surface area contributed by atoms with Gasteiger partial charge in [0.05, 0.1) is 26.3 Å². The van der Waals surface area contributed by atoms with Crippen molar-refractivity contribution in [1.29, 1.82) is 0 Å². The number of nitrogens with zero attached hydrogens (tertiary/aromatic N) is 6. The second-order valence-electron chi connectivity index (χ2n) is 15.1. The molecule has 0 saturated carbocycles. The van der Waals surface area contributed by atoms with Crippen LogP contribution in [0.5, 0.6) is 0 Å². The molecule has 0 bridgehead atoms. The predicted octanol–water partition coefficient (Wildman–Crippen LogP) is 14.4. The fraction of sp³-hybridized carbons (Fsp3) is 0. The minimum atomic E-state index is -0.478. The second-order valence-corrected chi connectivity index (χ2v) is 16.1. The van der Waals surface area contributed by atoms with Gasteiger partial charge in [0.25, 0.3) is 0 Å². The van der Waals surface area contributed by atoms with Crippen LogP contribution in [0.1, 0.15) is 9.60 Å². The largest absolute Gasteiger partial charge is 0.455 e. The summed E-state index contributed by atoms with van der Waals surface area (Å²) in [6.07, 6.45) is 3.21. The van der Waals surface area contributed by atoms with E-state index in [0.717, 1.165) is 64.4 Å². The van der Waals surface area contributed by atoms with E-state index in [1.54, 1.807) is 58.6 Å². The first-order valence-electron chi connectivity index (χ1n) is 23.7. The maximum atomic E-state index is 9.13. The summed E-state index contributed by atoms with van der Waals surface area (Å²) < 4.78 is 72.1. The van der Waals surface area contributed by atoms with Gasteiger partial charge >= 0.3 is 0 Å². The number of fused-ring (bicyclic) bond motifs is 9. The first kappa shape index (κ1) is 29.0. The summed E-state index contributed by atoms with van der Waals surface area (Å²) >= 11 is 1.74. The number of furan rings is 1. The number of aromatic nitrogens is 6. The zero-order valence-corrected chi connectivity index (χ0v) is 33.8. The molecule has 0 atom stereocenters. The van der Waals surface area contributed by atoms with E-state index in [1.807, 2.05) is 30.3 Å². The van der Waals surface area contributed by atoms with Crippen LogP contribution in [0.25, 0.3) is 126 Å². The Morgan fingerprint density at radius 3 is 2.10 bits per heavy atom. The molecule has 0 N–H and O–H groups in total. The molecule has 0 amide bonds. The van der Waals surface area contributed by atoms with E-state index in [1.165, 1.54) is 6.07 Å². The lowest BCUT2D eigenvalue weighted by Gasteiger charge is -2.14. The topological polar surface area (TPSA) is 82.5 Å². The first-order chi connectivity index (χ1) is 34.1. The minimum absolute atomic E-state index is 0.0457. The van der Waals surface area contributed by atoms with Gasteiger partial charge in [-0.1, -0.05) is 127 Å². The van der Waals surface area contributed by atoms with Gasteiger partial charge in [-0.2, -0.15) is 0 Å². The predicted molar refractivity (Wildman–Crippen MR) is 257 cm³/mol. The van der Waals surface area contributed by atoms with Gasteiger partial charge in [-0.05, 0) is 71.2 Å². The monoisotopic (exact) mass is 831 g/mol. The molecule has 0 spiro atoms. The van der Waals surface area contributed by atoms with Crippen molar-refractivity contribution in [3.05, 3.63) is 194 Å². The molecule has 294 valence electrons. The Bertz CT molecular complexity index is 4360. The average molecular weight is 832 g/mol. The molecular weight excluding hydrogens is 793 g/mol. The van der Waals surface area contributed by atoms with Gasteiger partial charge in [-0.15, -0.1) is 11.3 Å². The van der Waals surface area contributed by atoms with E-state index in [-0.39, 0.29) is 69.5 Å². The third-order valence-corrected chi connectivity index (χ3v) is 12.7. The summed E-state index contributed by atoms with van der Waals surface area (Å²) in [5.41, 5.74) is 7.55. The van der Waals surface area contributed by atoms with Crippen molar-refractivity contribution in [2.75, 3.05) is 0 Å². The number of thiophene rings is 1. The number of para-hydroxylation sites is 5. The molecule has 0 aliphatic heterocycles. The lowest BCUT2D eigenvalue weighted by molar-refractivity contribution is 0.670. The number of rotatable bonds is 6. The first-order valence-corrected chi connectivity index (χ1v) is 21.1. The Morgan fingerprint density at radius 1 is 0.460 bits per heavy atom.